The van der Waals surface area contributed by atoms with E-state index in [-0.39, 0.29) is 17.0 Å². The van der Waals surface area contributed by atoms with Crippen molar-refractivity contribution in [3.8, 4) is 0 Å². The fraction of sp³-hybridized carbons (Fsp3) is 0.652. The fourth-order valence-electron chi connectivity index (χ4n) is 3.99. The maximum atomic E-state index is 13.1. The number of amides is 2. The number of anilines is 1. The first kappa shape index (κ1) is 25.9. The number of carbonyl (C=O) groups is 3. The van der Waals surface area contributed by atoms with Crippen LogP contribution in [-0.2, 0) is 28.5 Å². The Kier molecular flexibility index (Phi) is 6.30. The topological polar surface area (TPSA) is 144 Å². The monoisotopic (exact) mass is 505 g/mol. The molecule has 2 saturated heterocycles. The van der Waals surface area contributed by atoms with Gasteiger partial charge in [0.15, 0.2) is 35.3 Å². The van der Waals surface area contributed by atoms with Crippen LogP contribution < -0.4 is 4.90 Å². The predicted octanol–water partition coefficient (Wildman–Crippen LogP) is 3.12. The Bertz CT molecular complexity index is 1150. The number of rotatable bonds is 3. The van der Waals surface area contributed by atoms with Gasteiger partial charge in [-0.2, -0.15) is 4.90 Å². The van der Waals surface area contributed by atoms with Gasteiger partial charge in [-0.3, -0.25) is 4.57 Å². The van der Waals surface area contributed by atoms with Gasteiger partial charge in [-0.15, -0.1) is 0 Å². The molecule has 2 amide bonds. The number of aldehydes is 1. The Labute approximate surface area is 208 Å². The van der Waals surface area contributed by atoms with Gasteiger partial charge in [0, 0.05) is 0 Å². The van der Waals surface area contributed by atoms with Crippen molar-refractivity contribution in [2.75, 3.05) is 4.90 Å². The van der Waals surface area contributed by atoms with Crippen LogP contribution in [0.15, 0.2) is 12.7 Å². The summed E-state index contributed by atoms with van der Waals surface area (Å²) in [6.07, 6.45) is -1.64. The largest absolute Gasteiger partial charge is 0.443 e. The molecule has 4 rings (SSSR count). The van der Waals surface area contributed by atoms with Crippen LogP contribution in [0.4, 0.5) is 15.4 Å². The Balaban J connectivity index is 1.77. The molecule has 2 aromatic heterocycles. The number of carbonyl (C=O) groups excluding carboxylic acids is 3. The Morgan fingerprint density at radius 3 is 2.14 bits per heavy atom. The second kappa shape index (κ2) is 8.75. The maximum absolute atomic E-state index is 13.1. The van der Waals surface area contributed by atoms with Crippen molar-refractivity contribution in [3.63, 3.8) is 0 Å². The minimum atomic E-state index is -0.987. The van der Waals surface area contributed by atoms with Crippen molar-refractivity contribution in [1.82, 2.24) is 19.5 Å². The number of fused-ring (bicyclic) bond motifs is 2. The van der Waals surface area contributed by atoms with Gasteiger partial charge in [-0.05, 0) is 55.4 Å². The number of imidazole rings is 1. The minimum Gasteiger partial charge on any atom is -0.443 e. The van der Waals surface area contributed by atoms with Crippen LogP contribution in [0.3, 0.4) is 0 Å². The van der Waals surface area contributed by atoms with Crippen LogP contribution in [-0.4, -0.2) is 73.3 Å². The third kappa shape index (κ3) is 5.04. The average Bonchev–Trinajstić information content (AvgIpc) is 3.36. The van der Waals surface area contributed by atoms with E-state index in [1.165, 1.54) is 12.7 Å². The average molecular weight is 506 g/mol. The number of nitrogens with zero attached hydrogens (tertiary/aromatic N) is 5. The summed E-state index contributed by atoms with van der Waals surface area (Å²) in [4.78, 5) is 51.3. The number of aromatic nitrogens is 4. The van der Waals surface area contributed by atoms with E-state index in [1.807, 2.05) is 0 Å². The van der Waals surface area contributed by atoms with Crippen LogP contribution in [0.5, 0.6) is 0 Å². The van der Waals surface area contributed by atoms with Crippen molar-refractivity contribution in [2.45, 2.75) is 96.9 Å². The van der Waals surface area contributed by atoms with E-state index >= 15 is 0 Å². The van der Waals surface area contributed by atoms with Crippen molar-refractivity contribution in [2.24, 2.45) is 0 Å². The number of hydrogen-bond donors (Lipinski definition) is 0. The third-order valence-electron chi connectivity index (χ3n) is 5.18. The van der Waals surface area contributed by atoms with Crippen LogP contribution in [0, 0.1) is 0 Å². The lowest BCUT2D eigenvalue weighted by molar-refractivity contribution is -0.194. The first-order valence-corrected chi connectivity index (χ1v) is 11.5. The SMILES string of the molecule is CC(C)(C)OC(=O)N(C(=O)OC(C)(C)C)c1ncnc2c1ncn2C1O[C@H](C=O)[C@H]2OC(C)(C)O[C@@H]12. The lowest BCUT2D eigenvalue weighted by Crippen LogP contribution is -2.44. The Morgan fingerprint density at radius 2 is 1.58 bits per heavy atom. The zero-order chi connectivity index (χ0) is 26.6. The first-order chi connectivity index (χ1) is 16.6. The van der Waals surface area contributed by atoms with Crippen LogP contribution in [0.1, 0.15) is 61.6 Å². The summed E-state index contributed by atoms with van der Waals surface area (Å²) in [5, 5.41) is 0. The van der Waals surface area contributed by atoms with Crippen LogP contribution in [0.25, 0.3) is 11.2 Å². The molecule has 0 N–H and O–H groups in total. The molecule has 36 heavy (non-hydrogen) atoms. The van der Waals surface area contributed by atoms with Crippen molar-refractivity contribution in [1.29, 1.82) is 0 Å². The highest BCUT2D eigenvalue weighted by Gasteiger charge is 2.56. The highest BCUT2D eigenvalue weighted by Crippen LogP contribution is 2.43. The van der Waals surface area contributed by atoms with Gasteiger partial charge < -0.3 is 28.5 Å². The van der Waals surface area contributed by atoms with Crippen molar-refractivity contribution < 1.29 is 38.1 Å². The Morgan fingerprint density at radius 1 is 1.00 bits per heavy atom. The standard InChI is InChI=1S/C23H31N5O8/c1-21(2,3)35-19(30)28(20(31)36-22(4,5)6)17-13-16(24-10-25-17)27(11-26-13)18-15-14(12(9-29)32-18)33-23(7,8)34-15/h9-12,14-15,18H,1-8H3/t12-,14-,15-,18?/m1/s1. The molecule has 2 aliphatic rings. The summed E-state index contributed by atoms with van der Waals surface area (Å²) in [6, 6.07) is 0. The zero-order valence-electron chi connectivity index (χ0n) is 21.5. The summed E-state index contributed by atoms with van der Waals surface area (Å²) in [7, 11) is 0. The molecule has 0 aromatic carbocycles. The van der Waals surface area contributed by atoms with E-state index in [2.05, 4.69) is 15.0 Å². The molecular weight excluding hydrogens is 474 g/mol. The molecule has 0 aliphatic carbocycles. The van der Waals surface area contributed by atoms with Crippen LogP contribution in [0.2, 0.25) is 0 Å². The van der Waals surface area contributed by atoms with E-state index < -0.39 is 53.7 Å². The number of hydrogen-bond acceptors (Lipinski definition) is 11. The number of imide groups is 1. The van der Waals surface area contributed by atoms with E-state index in [0.717, 1.165) is 0 Å². The summed E-state index contributed by atoms with van der Waals surface area (Å²) in [5.74, 6) is -1.05. The van der Waals surface area contributed by atoms with E-state index in [4.69, 9.17) is 23.7 Å². The van der Waals surface area contributed by atoms with Gasteiger partial charge in [0.25, 0.3) is 0 Å². The summed E-state index contributed by atoms with van der Waals surface area (Å²) in [6.45, 7) is 13.5. The van der Waals surface area contributed by atoms with Gasteiger partial charge in [0.05, 0.1) is 6.33 Å². The molecule has 13 nitrogen and oxygen atoms in total. The van der Waals surface area contributed by atoms with Crippen molar-refractivity contribution in [3.05, 3.63) is 12.7 Å². The molecule has 2 fully saturated rings. The van der Waals surface area contributed by atoms with Gasteiger partial charge in [-0.25, -0.2) is 24.5 Å². The molecule has 0 radical (unpaired) electrons. The van der Waals surface area contributed by atoms with Crippen LogP contribution >= 0.6 is 0 Å². The molecule has 4 atom stereocenters. The highest BCUT2D eigenvalue weighted by molar-refractivity contribution is 6.12. The van der Waals surface area contributed by atoms with Gasteiger partial charge >= 0.3 is 12.2 Å². The predicted molar refractivity (Wildman–Crippen MR) is 124 cm³/mol. The molecule has 13 heteroatoms. The highest BCUT2D eigenvalue weighted by atomic mass is 16.8. The molecule has 196 valence electrons. The summed E-state index contributed by atoms with van der Waals surface area (Å²) >= 11 is 0. The lowest BCUT2D eigenvalue weighted by atomic mass is 10.1. The molecule has 4 heterocycles. The summed E-state index contributed by atoms with van der Waals surface area (Å²) < 4.78 is 30.2. The summed E-state index contributed by atoms with van der Waals surface area (Å²) in [5.41, 5.74) is -1.44. The van der Waals surface area contributed by atoms with Gasteiger partial charge in [-0.1, -0.05) is 0 Å². The third-order valence-corrected chi connectivity index (χ3v) is 5.18. The van der Waals surface area contributed by atoms with Gasteiger partial charge in [0.2, 0.25) is 0 Å². The zero-order valence-corrected chi connectivity index (χ0v) is 21.5. The smallest absolute Gasteiger partial charge is 0.425 e. The second-order valence-corrected chi connectivity index (χ2v) is 11.0. The minimum absolute atomic E-state index is 0.113. The molecule has 0 saturated carbocycles. The molecule has 1 unspecified atom stereocenters. The molecule has 0 bridgehead atoms. The molecule has 2 aliphatic heterocycles. The molecular formula is C23H31N5O8. The van der Waals surface area contributed by atoms with E-state index in [1.54, 1.807) is 60.0 Å². The van der Waals surface area contributed by atoms with Crippen molar-refractivity contribution >= 4 is 35.5 Å². The Hall–Kier alpha value is -3.16. The van der Waals surface area contributed by atoms with E-state index in [0.29, 0.717) is 11.2 Å². The quantitative estimate of drug-likeness (QED) is 0.567. The fourth-order valence-corrected chi connectivity index (χ4v) is 3.99. The number of ether oxygens (including phenoxy) is 5. The van der Waals surface area contributed by atoms with E-state index in [9.17, 15) is 14.4 Å². The maximum Gasteiger partial charge on any atom is 0.425 e. The molecule has 2 aromatic rings. The normalized spacial score (nSPS) is 25.4. The lowest BCUT2D eigenvalue weighted by Gasteiger charge is -2.28. The molecule has 0 spiro atoms. The first-order valence-electron chi connectivity index (χ1n) is 11.5. The second-order valence-electron chi connectivity index (χ2n) is 11.0. The van der Waals surface area contributed by atoms with Gasteiger partial charge in [0.1, 0.15) is 35.8 Å².